The monoisotopic (exact) mass is 427 g/mol. The summed E-state index contributed by atoms with van der Waals surface area (Å²) in [5, 5.41) is 0. The minimum Gasteiger partial charge on any atom is -0.493 e. The van der Waals surface area contributed by atoms with Gasteiger partial charge < -0.3 is 9.47 Å². The molecule has 1 amide bonds. The normalized spacial score (nSPS) is 15.3. The number of rotatable bonds is 8. The fourth-order valence-corrected chi connectivity index (χ4v) is 4.21. The molecule has 29 heavy (non-hydrogen) atoms. The van der Waals surface area contributed by atoms with Crippen LogP contribution in [-0.4, -0.2) is 34.9 Å². The molecule has 0 spiro atoms. The number of thioether (sulfide) groups is 1. The van der Waals surface area contributed by atoms with E-state index in [1.54, 1.807) is 4.90 Å². The van der Waals surface area contributed by atoms with Crippen molar-refractivity contribution in [2.24, 2.45) is 0 Å². The van der Waals surface area contributed by atoms with E-state index in [0.717, 1.165) is 23.5 Å². The Bertz CT molecular complexity index is 922. The highest BCUT2D eigenvalue weighted by Gasteiger charge is 2.30. The molecule has 4 nitrogen and oxygen atoms in total. The molecule has 2 aromatic carbocycles. The number of benzene rings is 2. The molecule has 0 saturated carbocycles. The van der Waals surface area contributed by atoms with Crippen molar-refractivity contribution >= 4 is 40.3 Å². The van der Waals surface area contributed by atoms with Gasteiger partial charge >= 0.3 is 0 Å². The van der Waals surface area contributed by atoms with Gasteiger partial charge in [0.2, 0.25) is 0 Å². The molecular formula is C23H25NO3S2. The summed E-state index contributed by atoms with van der Waals surface area (Å²) in [6, 6.07) is 13.8. The van der Waals surface area contributed by atoms with Crippen LogP contribution in [0.3, 0.4) is 0 Å². The Morgan fingerprint density at radius 2 is 1.66 bits per heavy atom. The summed E-state index contributed by atoms with van der Waals surface area (Å²) < 4.78 is 12.2. The quantitative estimate of drug-likeness (QED) is 0.322. The topological polar surface area (TPSA) is 38.8 Å². The zero-order valence-corrected chi connectivity index (χ0v) is 18.6. The first-order chi connectivity index (χ1) is 14.0. The molecule has 1 heterocycles. The van der Waals surface area contributed by atoms with Crippen molar-refractivity contribution in [3.63, 3.8) is 0 Å². The molecule has 0 N–H and O–H groups in total. The van der Waals surface area contributed by atoms with Gasteiger partial charge in [0.15, 0.2) is 0 Å². The van der Waals surface area contributed by atoms with Crippen LogP contribution in [0.4, 0.5) is 0 Å². The van der Waals surface area contributed by atoms with Crippen LogP contribution in [0.2, 0.25) is 0 Å². The van der Waals surface area contributed by atoms with E-state index in [2.05, 4.69) is 26.0 Å². The van der Waals surface area contributed by atoms with Gasteiger partial charge in [-0.25, -0.2) is 0 Å². The summed E-state index contributed by atoms with van der Waals surface area (Å²) in [6.45, 7) is 7.89. The van der Waals surface area contributed by atoms with E-state index < -0.39 is 0 Å². The first-order valence-corrected chi connectivity index (χ1v) is 10.9. The van der Waals surface area contributed by atoms with Crippen molar-refractivity contribution in [3.8, 4) is 11.5 Å². The van der Waals surface area contributed by atoms with Crippen molar-refractivity contribution in [3.05, 3.63) is 64.1 Å². The zero-order valence-electron chi connectivity index (χ0n) is 16.9. The van der Waals surface area contributed by atoms with E-state index in [1.165, 1.54) is 22.9 Å². The number of hydrogen-bond donors (Lipinski definition) is 0. The average Bonchev–Trinajstić information content (AvgIpc) is 2.98. The van der Waals surface area contributed by atoms with Gasteiger partial charge in [-0.05, 0) is 67.8 Å². The Morgan fingerprint density at radius 3 is 2.28 bits per heavy atom. The van der Waals surface area contributed by atoms with Gasteiger partial charge in [-0.2, -0.15) is 0 Å². The second-order valence-electron chi connectivity index (χ2n) is 6.79. The zero-order chi connectivity index (χ0) is 20.8. The summed E-state index contributed by atoms with van der Waals surface area (Å²) in [6.07, 6.45) is 2.67. The Hall–Kier alpha value is -2.31. The number of carbonyl (C=O) groups excluding carboxylic acids is 1. The van der Waals surface area contributed by atoms with Crippen LogP contribution in [0, 0.1) is 13.8 Å². The summed E-state index contributed by atoms with van der Waals surface area (Å²) >= 11 is 6.59. The summed E-state index contributed by atoms with van der Waals surface area (Å²) in [5.41, 5.74) is 3.45. The van der Waals surface area contributed by atoms with Gasteiger partial charge in [0, 0.05) is 13.0 Å². The van der Waals surface area contributed by atoms with Crippen molar-refractivity contribution in [2.75, 3.05) is 19.8 Å². The average molecular weight is 428 g/mol. The third-order valence-electron chi connectivity index (χ3n) is 4.67. The molecule has 2 aromatic rings. The van der Waals surface area contributed by atoms with Crippen LogP contribution in [0.1, 0.15) is 30.0 Å². The maximum absolute atomic E-state index is 12.3. The molecule has 0 bridgehead atoms. The smallest absolute Gasteiger partial charge is 0.266 e. The van der Waals surface area contributed by atoms with E-state index in [9.17, 15) is 4.79 Å². The predicted molar refractivity (Wildman–Crippen MR) is 124 cm³/mol. The second kappa shape index (κ2) is 9.94. The van der Waals surface area contributed by atoms with E-state index in [0.29, 0.717) is 29.0 Å². The van der Waals surface area contributed by atoms with E-state index in [4.69, 9.17) is 21.7 Å². The molecule has 0 aliphatic carbocycles. The lowest BCUT2D eigenvalue weighted by Gasteiger charge is -2.10. The highest BCUT2D eigenvalue weighted by molar-refractivity contribution is 8.26. The lowest BCUT2D eigenvalue weighted by molar-refractivity contribution is -0.121. The molecule has 0 atom stereocenters. The Kier molecular flexibility index (Phi) is 7.34. The Balaban J connectivity index is 1.45. The molecule has 1 aliphatic rings. The molecule has 1 saturated heterocycles. The fraction of sp³-hybridized carbons (Fsp3) is 0.304. The van der Waals surface area contributed by atoms with E-state index >= 15 is 0 Å². The first-order valence-electron chi connectivity index (χ1n) is 9.66. The largest absolute Gasteiger partial charge is 0.493 e. The van der Waals surface area contributed by atoms with Gasteiger partial charge in [-0.3, -0.25) is 9.69 Å². The number of thiocarbonyl (C=S) groups is 1. The van der Waals surface area contributed by atoms with Crippen LogP contribution in [0.15, 0.2) is 47.4 Å². The van der Waals surface area contributed by atoms with Crippen molar-refractivity contribution in [1.29, 1.82) is 0 Å². The molecule has 0 aromatic heterocycles. The van der Waals surface area contributed by atoms with E-state index in [-0.39, 0.29) is 5.91 Å². The van der Waals surface area contributed by atoms with Crippen LogP contribution in [0.25, 0.3) is 6.08 Å². The molecule has 1 fully saturated rings. The lowest BCUT2D eigenvalue weighted by atomic mass is 10.1. The molecular weight excluding hydrogens is 402 g/mol. The minimum atomic E-state index is -0.0217. The fourth-order valence-electron chi connectivity index (χ4n) is 2.83. The van der Waals surface area contributed by atoms with Gasteiger partial charge in [0.1, 0.15) is 15.8 Å². The number of amides is 1. The van der Waals surface area contributed by atoms with Gasteiger partial charge in [0.05, 0.1) is 18.1 Å². The molecule has 6 heteroatoms. The standard InChI is InChI=1S/C23H25NO3S2/c1-4-24-22(25)21(29-23(24)28)15-18-7-10-19(11-8-18)26-12-5-13-27-20-9-6-16(2)17(3)14-20/h6-11,14-15H,4-5,12-13H2,1-3H3/b21-15+. The van der Waals surface area contributed by atoms with Crippen molar-refractivity contribution in [2.45, 2.75) is 27.2 Å². The summed E-state index contributed by atoms with van der Waals surface area (Å²) in [4.78, 5) is 14.5. The molecule has 1 aliphatic heterocycles. The van der Waals surface area contributed by atoms with Gasteiger partial charge in [-0.1, -0.05) is 42.2 Å². The number of nitrogens with zero attached hydrogens (tertiary/aromatic N) is 1. The Morgan fingerprint density at radius 1 is 1.00 bits per heavy atom. The predicted octanol–water partition coefficient (Wildman–Crippen LogP) is 5.37. The number of likely N-dealkylation sites (N-methyl/N-ethyl adjacent to an activating group) is 1. The molecule has 3 rings (SSSR count). The lowest BCUT2D eigenvalue weighted by Crippen LogP contribution is -2.27. The minimum absolute atomic E-state index is 0.0217. The van der Waals surface area contributed by atoms with Crippen LogP contribution >= 0.6 is 24.0 Å². The van der Waals surface area contributed by atoms with Crippen LogP contribution in [0.5, 0.6) is 11.5 Å². The molecule has 0 unspecified atom stereocenters. The van der Waals surface area contributed by atoms with Crippen LogP contribution in [-0.2, 0) is 4.79 Å². The number of ether oxygens (including phenoxy) is 2. The summed E-state index contributed by atoms with van der Waals surface area (Å²) in [5.74, 6) is 1.67. The van der Waals surface area contributed by atoms with Gasteiger partial charge in [-0.15, -0.1) is 0 Å². The Labute approximate surface area is 181 Å². The van der Waals surface area contributed by atoms with Gasteiger partial charge in [0.25, 0.3) is 5.91 Å². The maximum Gasteiger partial charge on any atom is 0.266 e. The summed E-state index contributed by atoms with van der Waals surface area (Å²) in [7, 11) is 0. The third-order valence-corrected chi connectivity index (χ3v) is 6.05. The van der Waals surface area contributed by atoms with Crippen molar-refractivity contribution < 1.29 is 14.3 Å². The molecule has 152 valence electrons. The number of carbonyl (C=O) groups is 1. The van der Waals surface area contributed by atoms with Crippen molar-refractivity contribution in [1.82, 2.24) is 4.90 Å². The number of hydrogen-bond acceptors (Lipinski definition) is 5. The SMILES string of the molecule is CCN1C(=O)/C(=C\c2ccc(OCCCOc3ccc(C)c(C)c3)cc2)SC1=S. The number of aryl methyl sites for hydroxylation is 2. The van der Waals surface area contributed by atoms with E-state index in [1.807, 2.05) is 43.3 Å². The highest BCUT2D eigenvalue weighted by atomic mass is 32.2. The molecule has 0 radical (unpaired) electrons. The second-order valence-corrected chi connectivity index (χ2v) is 8.47. The maximum atomic E-state index is 12.3. The first kappa shape index (κ1) is 21.4. The third kappa shape index (κ3) is 5.61. The van der Waals surface area contributed by atoms with Crippen LogP contribution < -0.4 is 9.47 Å². The highest BCUT2D eigenvalue weighted by Crippen LogP contribution is 2.32.